The lowest BCUT2D eigenvalue weighted by molar-refractivity contribution is 0.460. The summed E-state index contributed by atoms with van der Waals surface area (Å²) in [5, 5.41) is 19.5. The van der Waals surface area contributed by atoms with Crippen LogP contribution in [0.15, 0.2) is 57.3 Å². The van der Waals surface area contributed by atoms with Crippen LogP contribution < -0.4 is 0 Å². The molecule has 2 aliphatic rings. The zero-order valence-corrected chi connectivity index (χ0v) is 39.6. The monoisotopic (exact) mass is 880 g/mol. The first-order chi connectivity index (χ1) is 26.8. The Morgan fingerprint density at radius 2 is 0.914 bits per heavy atom. The number of benzene rings is 2. The van der Waals surface area contributed by atoms with Crippen LogP contribution in [0.4, 0.5) is 8.78 Å². The number of hydrogen-bond acceptors (Lipinski definition) is 8. The average molecular weight is 881 g/mol. The molecule has 0 radical (unpaired) electrons. The van der Waals surface area contributed by atoms with Crippen LogP contribution in [0.25, 0.3) is 0 Å². The quantitative estimate of drug-likeness (QED) is 0.185. The molecule has 0 amide bonds. The fourth-order valence-corrected chi connectivity index (χ4v) is 16.7. The fraction of sp³-hybridized carbons (Fsp3) is 0.682. The molecule has 0 saturated heterocycles. The molecule has 2 saturated carbocycles. The van der Waals surface area contributed by atoms with Gasteiger partial charge in [0.2, 0.25) is 0 Å². The van der Waals surface area contributed by atoms with Crippen molar-refractivity contribution in [2.24, 2.45) is 19.6 Å². The number of nitriles is 2. The van der Waals surface area contributed by atoms with E-state index in [0.717, 1.165) is 51.4 Å². The highest BCUT2D eigenvalue weighted by molar-refractivity contribution is 7.94. The third kappa shape index (κ3) is 12.8. The average Bonchev–Trinajstić information content (AvgIpc) is 3.81. The molecule has 0 N–H and O–H groups in total. The minimum Gasteiger partial charge on any atom is -0.259 e. The predicted octanol–water partition coefficient (Wildman–Crippen LogP) is 9.62. The molecule has 14 heteroatoms. The summed E-state index contributed by atoms with van der Waals surface area (Å²) in [5.74, 6) is 0.140. The Bertz CT molecular complexity index is 1990. The summed E-state index contributed by atoms with van der Waals surface area (Å²) in [4.78, 5) is 0. The maximum Gasteiger partial charge on any atom is 0.127 e. The van der Waals surface area contributed by atoms with Gasteiger partial charge in [-0.3, -0.25) is 8.42 Å². The first-order valence-corrected chi connectivity index (χ1v) is 26.4. The van der Waals surface area contributed by atoms with E-state index in [9.17, 15) is 36.1 Å². The number of hydrogen-bond donors (Lipinski definition) is 0. The highest BCUT2D eigenvalue weighted by Gasteiger charge is 2.44. The maximum absolute atomic E-state index is 14.8. The summed E-state index contributed by atoms with van der Waals surface area (Å²) < 4.78 is 90.9. The van der Waals surface area contributed by atoms with Gasteiger partial charge < -0.3 is 0 Å². The van der Waals surface area contributed by atoms with E-state index in [-0.39, 0.29) is 34.5 Å². The number of halogens is 2. The lowest BCUT2D eigenvalue weighted by Gasteiger charge is -2.35. The summed E-state index contributed by atoms with van der Waals surface area (Å²) in [6, 6.07) is 17.6. The summed E-state index contributed by atoms with van der Waals surface area (Å²) in [6.45, 7) is 15.0. The smallest absolute Gasteiger partial charge is 0.127 e. The van der Waals surface area contributed by atoms with Crippen molar-refractivity contribution in [3.63, 3.8) is 0 Å². The van der Waals surface area contributed by atoms with Crippen LogP contribution in [0.1, 0.15) is 118 Å². The second-order valence-electron chi connectivity index (χ2n) is 19.0. The zero-order chi connectivity index (χ0) is 43.8. The van der Waals surface area contributed by atoms with E-state index in [1.807, 2.05) is 55.4 Å². The molecule has 0 bridgehead atoms. The van der Waals surface area contributed by atoms with Gasteiger partial charge in [0.1, 0.15) is 11.6 Å². The van der Waals surface area contributed by atoms with Gasteiger partial charge in [-0.2, -0.15) is 10.5 Å². The topological polar surface area (TPSA) is 141 Å². The van der Waals surface area contributed by atoms with Crippen molar-refractivity contribution in [2.75, 3.05) is 48.6 Å². The molecule has 8 nitrogen and oxygen atoms in total. The Morgan fingerprint density at radius 1 is 0.621 bits per heavy atom. The van der Waals surface area contributed by atoms with Crippen LogP contribution in [0.3, 0.4) is 0 Å². The molecule has 58 heavy (non-hydrogen) atoms. The van der Waals surface area contributed by atoms with E-state index in [1.165, 1.54) is 26.2 Å². The summed E-state index contributed by atoms with van der Waals surface area (Å²) in [5.41, 5.74) is -2.28. The Hall–Kier alpha value is -2.52. The number of rotatable bonds is 14. The molecule has 0 unspecified atom stereocenters. The summed E-state index contributed by atoms with van der Waals surface area (Å²) >= 11 is 0. The van der Waals surface area contributed by atoms with Crippen molar-refractivity contribution in [3.8, 4) is 12.1 Å². The first kappa shape index (κ1) is 49.8. The molecule has 2 aromatic carbocycles. The highest BCUT2D eigenvalue weighted by atomic mass is 32.2. The van der Waals surface area contributed by atoms with E-state index in [4.69, 9.17) is 0 Å². The van der Waals surface area contributed by atoms with Gasteiger partial charge in [0.05, 0.1) is 34.5 Å². The SMILES string of the molecule is CN=[S@@](=O)(CC1(C#N)CCCC1)C[C@](C)(C[S@](=O)C(C)(C)C)c1ccccc1F.CN=[S@](=O)(CC1(C#N)CCCC1)C[C@](C)(C[S@](=O)C(C)(C)C)c1ccccc1F. The second kappa shape index (κ2) is 19.5. The second-order valence-corrected chi connectivity index (χ2v) is 28.4. The molecule has 0 heterocycles. The Balaban J connectivity index is 0.000000310. The van der Waals surface area contributed by atoms with Crippen LogP contribution in [0.2, 0.25) is 0 Å². The highest BCUT2D eigenvalue weighted by Crippen LogP contribution is 2.42. The van der Waals surface area contributed by atoms with Crippen molar-refractivity contribution in [1.82, 2.24) is 0 Å². The van der Waals surface area contributed by atoms with Gasteiger partial charge in [-0.05, 0) is 90.5 Å². The van der Waals surface area contributed by atoms with Crippen LogP contribution >= 0.6 is 0 Å². The largest absolute Gasteiger partial charge is 0.259 e. The zero-order valence-electron chi connectivity index (χ0n) is 36.3. The maximum atomic E-state index is 14.8. The normalized spacial score (nSPS) is 21.6. The molecule has 6 atom stereocenters. The Kier molecular flexibility index (Phi) is 16.7. The van der Waals surface area contributed by atoms with Gasteiger partial charge in [-0.15, -0.1) is 0 Å². The van der Waals surface area contributed by atoms with Crippen molar-refractivity contribution in [3.05, 3.63) is 71.3 Å². The molecule has 324 valence electrons. The Labute approximate surface area is 354 Å². The standard InChI is InChI=1S/2C22H33FN2O2S2/c2*1-20(2,3)28(26)15-21(4,18-10-6-7-11-19(18)23)16-29(27,25-5)17-22(14-24)12-8-9-13-22/h2*6-7,10-11H,8-9,12-13,15-17H2,1-5H3/t21-,28-,29+;21-,28-,29-/m00/s1. The van der Waals surface area contributed by atoms with Gasteiger partial charge in [-0.1, -0.05) is 75.9 Å². The lowest BCUT2D eigenvalue weighted by Crippen LogP contribution is -2.43. The molecule has 4 rings (SSSR count). The van der Waals surface area contributed by atoms with Crippen LogP contribution in [0.5, 0.6) is 0 Å². The molecule has 2 fully saturated rings. The summed E-state index contributed by atoms with van der Waals surface area (Å²) in [6.07, 6.45) is 6.69. The third-order valence-corrected chi connectivity index (χ3v) is 21.7. The van der Waals surface area contributed by atoms with E-state index < -0.39 is 83.8 Å². The van der Waals surface area contributed by atoms with E-state index in [1.54, 1.807) is 36.4 Å². The van der Waals surface area contributed by atoms with Crippen LogP contribution in [0, 0.1) is 45.1 Å². The molecule has 0 spiro atoms. The molecular weight excluding hydrogens is 815 g/mol. The molecule has 2 aromatic rings. The first-order valence-electron chi connectivity index (χ1n) is 20.1. The molecular formula is C44H66F2N4O4S4. The van der Waals surface area contributed by atoms with Crippen molar-refractivity contribution in [2.45, 2.75) is 127 Å². The number of nitrogens with zero attached hydrogens (tertiary/aromatic N) is 4. The van der Waals surface area contributed by atoms with E-state index in [0.29, 0.717) is 11.1 Å². The minimum atomic E-state index is -2.79. The molecule has 0 aromatic heterocycles. The fourth-order valence-electron chi connectivity index (χ4n) is 8.21. The molecule has 0 aliphatic heterocycles. The van der Waals surface area contributed by atoms with E-state index in [2.05, 4.69) is 20.9 Å². The lowest BCUT2D eigenvalue weighted by atomic mass is 9.86. The molecule has 2 aliphatic carbocycles. The summed E-state index contributed by atoms with van der Waals surface area (Å²) in [7, 11) is -5.08. The van der Waals surface area contributed by atoms with Gasteiger partial charge in [-0.25, -0.2) is 25.9 Å². The van der Waals surface area contributed by atoms with Gasteiger partial charge >= 0.3 is 0 Å². The van der Waals surface area contributed by atoms with Crippen LogP contribution in [-0.4, -0.2) is 74.9 Å². The van der Waals surface area contributed by atoms with Gasteiger partial charge in [0, 0.05) is 98.5 Å². The van der Waals surface area contributed by atoms with Crippen LogP contribution in [-0.2, 0) is 51.9 Å². The van der Waals surface area contributed by atoms with Crippen molar-refractivity contribution >= 4 is 41.1 Å². The Morgan fingerprint density at radius 3 is 1.16 bits per heavy atom. The third-order valence-electron chi connectivity index (χ3n) is 11.7. The minimum absolute atomic E-state index is 0.0860. The van der Waals surface area contributed by atoms with Gasteiger partial charge in [0.15, 0.2) is 0 Å². The van der Waals surface area contributed by atoms with E-state index >= 15 is 0 Å². The van der Waals surface area contributed by atoms with Gasteiger partial charge in [0.25, 0.3) is 0 Å². The van der Waals surface area contributed by atoms with Crippen molar-refractivity contribution in [1.29, 1.82) is 10.5 Å². The predicted molar refractivity (Wildman–Crippen MR) is 239 cm³/mol. The van der Waals surface area contributed by atoms with Crippen molar-refractivity contribution < 1.29 is 25.6 Å².